The largest absolute Gasteiger partial charge is 0.481 e. The molecule has 3 N–H and O–H groups in total. The predicted molar refractivity (Wildman–Crippen MR) is 128 cm³/mol. The van der Waals surface area contributed by atoms with Gasteiger partial charge in [-0.3, -0.25) is 9.59 Å². The first-order valence-electron chi connectivity index (χ1n) is 12.1. The number of alkyl carbamates (subject to hydrolysis) is 1. The molecule has 34 heavy (non-hydrogen) atoms. The number of carbonyl (C=O) groups is 3. The van der Waals surface area contributed by atoms with Crippen LogP contribution in [0.2, 0.25) is 0 Å². The molecule has 7 heteroatoms. The van der Waals surface area contributed by atoms with Gasteiger partial charge >= 0.3 is 12.1 Å². The molecule has 0 heterocycles. The Bertz CT molecular complexity index is 1000. The summed E-state index contributed by atoms with van der Waals surface area (Å²) in [7, 11) is 0. The minimum absolute atomic E-state index is 0.0571. The standard InChI is InChI=1S/C27H32N2O5/c1-2-7-18(15-25(30)31)28-26(32)24(14-17-12-13-17)29-27(33)34-16-23-21-10-5-3-8-19(21)20-9-4-6-11-22(20)23/h3-6,8-11,17-18,23-24H,2,7,12-16H2,1H3,(H,28,32)(H,29,33)(H,30,31)/t18?,24-/m0/s1. The molecule has 0 bridgehead atoms. The van der Waals surface area contributed by atoms with Crippen LogP contribution in [-0.4, -0.2) is 41.8 Å². The van der Waals surface area contributed by atoms with Crippen LogP contribution in [0.5, 0.6) is 0 Å². The fourth-order valence-electron chi connectivity index (χ4n) is 4.79. The molecule has 0 aliphatic heterocycles. The molecule has 0 aromatic heterocycles. The summed E-state index contributed by atoms with van der Waals surface area (Å²) < 4.78 is 5.62. The van der Waals surface area contributed by atoms with E-state index in [1.807, 2.05) is 31.2 Å². The van der Waals surface area contributed by atoms with Crippen molar-refractivity contribution in [1.82, 2.24) is 10.6 Å². The SMILES string of the molecule is CCCC(CC(=O)O)NC(=O)[C@H](CC1CC1)NC(=O)OCC1c2ccccc2-c2ccccc21. The van der Waals surface area contributed by atoms with Gasteiger partial charge in [-0.05, 0) is 41.0 Å². The maximum absolute atomic E-state index is 12.9. The van der Waals surface area contributed by atoms with Gasteiger partial charge in [-0.15, -0.1) is 0 Å². The number of amides is 2. The van der Waals surface area contributed by atoms with Crippen molar-refractivity contribution in [3.63, 3.8) is 0 Å². The number of hydrogen-bond acceptors (Lipinski definition) is 4. The van der Waals surface area contributed by atoms with Gasteiger partial charge in [-0.25, -0.2) is 4.79 Å². The predicted octanol–water partition coefficient (Wildman–Crippen LogP) is 4.45. The van der Waals surface area contributed by atoms with E-state index in [1.54, 1.807) is 0 Å². The van der Waals surface area contributed by atoms with E-state index in [2.05, 4.69) is 34.9 Å². The summed E-state index contributed by atoms with van der Waals surface area (Å²) in [6.45, 7) is 2.12. The van der Waals surface area contributed by atoms with Crippen molar-refractivity contribution < 1.29 is 24.2 Å². The van der Waals surface area contributed by atoms with E-state index in [-0.39, 0.29) is 24.9 Å². The van der Waals surface area contributed by atoms with Crippen LogP contribution in [0, 0.1) is 5.92 Å². The smallest absolute Gasteiger partial charge is 0.407 e. The zero-order chi connectivity index (χ0) is 24.1. The normalized spacial score (nSPS) is 16.1. The Balaban J connectivity index is 1.39. The van der Waals surface area contributed by atoms with Gasteiger partial charge in [0.05, 0.1) is 6.42 Å². The molecular formula is C27H32N2O5. The van der Waals surface area contributed by atoms with E-state index in [0.29, 0.717) is 18.8 Å². The van der Waals surface area contributed by atoms with Gasteiger partial charge in [-0.2, -0.15) is 0 Å². The third-order valence-corrected chi connectivity index (χ3v) is 6.62. The highest BCUT2D eigenvalue weighted by atomic mass is 16.5. The third-order valence-electron chi connectivity index (χ3n) is 6.62. The first-order valence-corrected chi connectivity index (χ1v) is 12.1. The number of hydrogen-bond donors (Lipinski definition) is 3. The minimum atomic E-state index is -0.956. The van der Waals surface area contributed by atoms with Crippen molar-refractivity contribution in [2.24, 2.45) is 5.92 Å². The van der Waals surface area contributed by atoms with E-state index in [1.165, 1.54) is 0 Å². The summed E-state index contributed by atoms with van der Waals surface area (Å²) in [6, 6.07) is 15.0. The summed E-state index contributed by atoms with van der Waals surface area (Å²) in [5.74, 6) is -0.964. The highest BCUT2D eigenvalue weighted by Gasteiger charge is 2.33. The fourth-order valence-corrected chi connectivity index (χ4v) is 4.79. The molecule has 0 radical (unpaired) electrons. The topological polar surface area (TPSA) is 105 Å². The number of carboxylic acid groups (broad SMARTS) is 1. The molecule has 2 aromatic rings. The van der Waals surface area contributed by atoms with E-state index < -0.39 is 24.1 Å². The molecule has 2 aliphatic rings. The van der Waals surface area contributed by atoms with Crippen molar-refractivity contribution in [3.05, 3.63) is 59.7 Å². The van der Waals surface area contributed by atoms with E-state index in [0.717, 1.165) is 41.5 Å². The second-order valence-corrected chi connectivity index (χ2v) is 9.29. The maximum Gasteiger partial charge on any atom is 0.407 e. The average Bonchev–Trinajstić information content (AvgIpc) is 3.57. The zero-order valence-electron chi connectivity index (χ0n) is 19.5. The number of fused-ring (bicyclic) bond motifs is 3. The van der Waals surface area contributed by atoms with Crippen LogP contribution >= 0.6 is 0 Å². The summed E-state index contributed by atoms with van der Waals surface area (Å²) in [4.78, 5) is 36.8. The lowest BCUT2D eigenvalue weighted by Gasteiger charge is -2.23. The quantitative estimate of drug-likeness (QED) is 0.456. The van der Waals surface area contributed by atoms with Crippen molar-refractivity contribution in [3.8, 4) is 11.1 Å². The first-order chi connectivity index (χ1) is 16.5. The monoisotopic (exact) mass is 464 g/mol. The molecule has 1 fully saturated rings. The molecule has 1 saturated carbocycles. The van der Waals surface area contributed by atoms with Gasteiger partial charge in [0.25, 0.3) is 0 Å². The van der Waals surface area contributed by atoms with Crippen LogP contribution in [0.25, 0.3) is 11.1 Å². The summed E-state index contributed by atoms with van der Waals surface area (Å²) in [6.07, 6.45) is 3.15. The van der Waals surface area contributed by atoms with Gasteiger partial charge in [0.1, 0.15) is 12.6 Å². The molecule has 2 atom stereocenters. The van der Waals surface area contributed by atoms with Crippen LogP contribution < -0.4 is 10.6 Å². The number of carboxylic acids is 1. The second-order valence-electron chi connectivity index (χ2n) is 9.29. The molecule has 2 aliphatic carbocycles. The number of rotatable bonds is 11. The van der Waals surface area contributed by atoms with Crippen molar-refractivity contribution >= 4 is 18.0 Å². The Labute approximate surface area is 199 Å². The maximum atomic E-state index is 12.9. The van der Waals surface area contributed by atoms with Crippen LogP contribution in [0.1, 0.15) is 62.5 Å². The van der Waals surface area contributed by atoms with E-state index in [4.69, 9.17) is 9.84 Å². The average molecular weight is 465 g/mol. The Morgan fingerprint density at radius 3 is 2.18 bits per heavy atom. The molecule has 4 rings (SSSR count). The number of aliphatic carboxylic acids is 1. The zero-order valence-corrected chi connectivity index (χ0v) is 19.5. The lowest BCUT2D eigenvalue weighted by atomic mass is 9.98. The van der Waals surface area contributed by atoms with Gasteiger partial charge < -0.3 is 20.5 Å². The molecule has 1 unspecified atom stereocenters. The molecule has 7 nitrogen and oxygen atoms in total. The minimum Gasteiger partial charge on any atom is -0.481 e. The lowest BCUT2D eigenvalue weighted by Crippen LogP contribution is -2.50. The van der Waals surface area contributed by atoms with Crippen LogP contribution in [0.4, 0.5) is 4.79 Å². The van der Waals surface area contributed by atoms with Gasteiger partial charge in [0.15, 0.2) is 0 Å². The number of nitrogens with one attached hydrogen (secondary N) is 2. The molecule has 0 spiro atoms. The lowest BCUT2D eigenvalue weighted by molar-refractivity contribution is -0.137. The highest BCUT2D eigenvalue weighted by molar-refractivity contribution is 5.86. The fraction of sp³-hybridized carbons (Fsp3) is 0.444. The van der Waals surface area contributed by atoms with Gasteiger partial charge in [0.2, 0.25) is 5.91 Å². The molecular weight excluding hydrogens is 432 g/mol. The highest BCUT2D eigenvalue weighted by Crippen LogP contribution is 2.44. The third kappa shape index (κ3) is 5.76. The number of ether oxygens (including phenoxy) is 1. The van der Waals surface area contributed by atoms with E-state index in [9.17, 15) is 14.4 Å². The van der Waals surface area contributed by atoms with Crippen LogP contribution in [0.15, 0.2) is 48.5 Å². The van der Waals surface area contributed by atoms with Crippen LogP contribution in [0.3, 0.4) is 0 Å². The molecule has 0 saturated heterocycles. The van der Waals surface area contributed by atoms with Gasteiger partial charge in [0, 0.05) is 12.0 Å². The Hall–Kier alpha value is -3.35. The molecule has 180 valence electrons. The Morgan fingerprint density at radius 1 is 1.00 bits per heavy atom. The first kappa shape index (κ1) is 23.8. The second kappa shape index (κ2) is 10.7. The number of benzene rings is 2. The van der Waals surface area contributed by atoms with Crippen molar-refractivity contribution in [2.75, 3.05) is 6.61 Å². The van der Waals surface area contributed by atoms with Gasteiger partial charge in [-0.1, -0.05) is 74.7 Å². The molecule has 2 aromatic carbocycles. The van der Waals surface area contributed by atoms with Crippen molar-refractivity contribution in [2.45, 2.75) is 63.5 Å². The summed E-state index contributed by atoms with van der Waals surface area (Å²) in [5.41, 5.74) is 4.55. The Morgan fingerprint density at radius 2 is 1.62 bits per heavy atom. The summed E-state index contributed by atoms with van der Waals surface area (Å²) in [5, 5.41) is 14.7. The van der Waals surface area contributed by atoms with Crippen LogP contribution in [-0.2, 0) is 14.3 Å². The number of carbonyl (C=O) groups excluding carboxylic acids is 2. The summed E-state index contributed by atoms with van der Waals surface area (Å²) >= 11 is 0. The molecule has 2 amide bonds. The Kier molecular flexibility index (Phi) is 7.50. The van der Waals surface area contributed by atoms with E-state index >= 15 is 0 Å². The van der Waals surface area contributed by atoms with Crippen molar-refractivity contribution in [1.29, 1.82) is 0 Å².